The minimum atomic E-state index is 0.0265. The number of hydrogen-bond donors (Lipinski definition) is 2. The normalized spacial score (nSPS) is 15.6. The summed E-state index contributed by atoms with van der Waals surface area (Å²) < 4.78 is 11.5. The van der Waals surface area contributed by atoms with Crippen LogP contribution in [0.15, 0.2) is 30.4 Å². The predicted molar refractivity (Wildman–Crippen MR) is 106 cm³/mol. The number of nitrogens with two attached hydrogens (primary N) is 2. The fourth-order valence-electron chi connectivity index (χ4n) is 3.43. The number of ether oxygens (including phenoxy) is 2. The molecule has 0 aliphatic heterocycles. The zero-order valence-electron chi connectivity index (χ0n) is 15.7. The first-order valence-corrected chi connectivity index (χ1v) is 8.87. The van der Waals surface area contributed by atoms with Crippen molar-refractivity contribution in [1.82, 2.24) is 4.98 Å². The van der Waals surface area contributed by atoms with Crippen molar-refractivity contribution in [3.63, 3.8) is 0 Å². The van der Waals surface area contributed by atoms with Crippen LogP contribution in [0.5, 0.6) is 11.5 Å². The Labute approximate surface area is 159 Å². The number of nitrogen functional groups attached to an aromatic ring is 1. The van der Waals surface area contributed by atoms with Crippen molar-refractivity contribution >= 4 is 5.82 Å². The van der Waals surface area contributed by atoms with Crippen molar-refractivity contribution in [2.24, 2.45) is 5.73 Å². The number of rotatable bonds is 5. The van der Waals surface area contributed by atoms with Gasteiger partial charge in [-0.25, -0.2) is 4.98 Å². The number of pyridine rings is 1. The summed E-state index contributed by atoms with van der Waals surface area (Å²) >= 11 is 0. The average Bonchev–Trinajstić information content (AvgIpc) is 2.65. The van der Waals surface area contributed by atoms with E-state index in [-0.39, 0.29) is 11.9 Å². The molecule has 1 atom stereocenters. The van der Waals surface area contributed by atoms with Crippen molar-refractivity contribution < 1.29 is 9.47 Å². The maximum absolute atomic E-state index is 9.78. The number of nitriles is 1. The molecule has 1 aliphatic carbocycles. The van der Waals surface area contributed by atoms with Crippen molar-refractivity contribution in [1.29, 1.82) is 5.26 Å². The molecule has 0 fully saturated rings. The van der Waals surface area contributed by atoms with E-state index >= 15 is 0 Å². The second-order valence-corrected chi connectivity index (χ2v) is 6.87. The van der Waals surface area contributed by atoms with Gasteiger partial charge in [-0.05, 0) is 43.4 Å². The highest BCUT2D eigenvalue weighted by atomic mass is 16.5. The van der Waals surface area contributed by atoms with Gasteiger partial charge in [0, 0.05) is 22.9 Å². The van der Waals surface area contributed by atoms with Crippen LogP contribution in [0.1, 0.15) is 30.2 Å². The Morgan fingerprint density at radius 2 is 2.22 bits per heavy atom. The summed E-state index contributed by atoms with van der Waals surface area (Å²) in [6.07, 6.45) is 2.23. The lowest BCUT2D eigenvalue weighted by atomic mass is 9.84. The molecule has 27 heavy (non-hydrogen) atoms. The molecule has 0 unspecified atom stereocenters. The maximum atomic E-state index is 9.78. The second-order valence-electron chi connectivity index (χ2n) is 6.87. The molecule has 6 heteroatoms. The zero-order chi connectivity index (χ0) is 19.6. The van der Waals surface area contributed by atoms with Crippen LogP contribution < -0.4 is 20.9 Å². The highest BCUT2D eigenvalue weighted by molar-refractivity contribution is 5.84. The summed E-state index contributed by atoms with van der Waals surface area (Å²) in [5.74, 6) is 1.38. The van der Waals surface area contributed by atoms with Crippen molar-refractivity contribution in [2.45, 2.75) is 32.2 Å². The van der Waals surface area contributed by atoms with Crippen molar-refractivity contribution in [2.75, 3.05) is 19.5 Å². The Balaban J connectivity index is 2.29. The Morgan fingerprint density at radius 1 is 1.44 bits per heavy atom. The van der Waals surface area contributed by atoms with Gasteiger partial charge in [0.05, 0.1) is 7.11 Å². The van der Waals surface area contributed by atoms with Gasteiger partial charge in [-0.1, -0.05) is 18.7 Å². The summed E-state index contributed by atoms with van der Waals surface area (Å²) in [6.45, 7) is 6.13. The van der Waals surface area contributed by atoms with Gasteiger partial charge in [0.25, 0.3) is 0 Å². The quantitative estimate of drug-likeness (QED) is 0.790. The molecular formula is C21H24N4O2. The molecule has 0 saturated heterocycles. The number of methoxy groups -OCH3 is 1. The molecule has 6 nitrogen and oxygen atoms in total. The first-order chi connectivity index (χ1) is 13.0. The third-order valence-electron chi connectivity index (χ3n) is 4.67. The van der Waals surface area contributed by atoms with Crippen LogP contribution in [0.4, 0.5) is 5.82 Å². The number of benzene rings is 1. The number of hydrogen-bond acceptors (Lipinski definition) is 6. The smallest absolute Gasteiger partial charge is 0.169 e. The molecule has 4 N–H and O–H groups in total. The van der Waals surface area contributed by atoms with E-state index in [0.717, 1.165) is 40.8 Å². The van der Waals surface area contributed by atoms with E-state index in [9.17, 15) is 5.26 Å². The number of aromatic nitrogens is 1. The SMILES string of the molecule is C=C(C)COc1c(OC)cccc1-c1c(C#N)c(N)nc2c1C[C@@H](N)CC2. The molecule has 0 spiro atoms. The van der Waals surface area contributed by atoms with E-state index in [1.807, 2.05) is 25.1 Å². The molecule has 0 saturated carbocycles. The predicted octanol–water partition coefficient (Wildman–Crippen LogP) is 2.98. The summed E-state index contributed by atoms with van der Waals surface area (Å²) in [5.41, 5.74) is 16.9. The first-order valence-electron chi connectivity index (χ1n) is 8.87. The van der Waals surface area contributed by atoms with Gasteiger partial charge in [0.2, 0.25) is 0 Å². The van der Waals surface area contributed by atoms with Gasteiger partial charge < -0.3 is 20.9 Å². The number of anilines is 1. The van der Waals surface area contributed by atoms with Gasteiger partial charge in [0.15, 0.2) is 11.5 Å². The fourth-order valence-corrected chi connectivity index (χ4v) is 3.43. The van der Waals surface area contributed by atoms with Crippen LogP contribution >= 0.6 is 0 Å². The molecule has 0 bridgehead atoms. The lowest BCUT2D eigenvalue weighted by Crippen LogP contribution is -2.29. The van der Waals surface area contributed by atoms with Crippen LogP contribution in [0.3, 0.4) is 0 Å². The molecule has 2 aromatic rings. The lowest BCUT2D eigenvalue weighted by Gasteiger charge is -2.26. The second kappa shape index (κ2) is 7.68. The van der Waals surface area contributed by atoms with Gasteiger partial charge in [0.1, 0.15) is 24.1 Å². The van der Waals surface area contributed by atoms with Crippen LogP contribution in [-0.2, 0) is 12.8 Å². The van der Waals surface area contributed by atoms with Crippen LogP contribution in [-0.4, -0.2) is 24.7 Å². The number of aryl methyl sites for hydroxylation is 1. The molecular weight excluding hydrogens is 340 g/mol. The molecule has 0 radical (unpaired) electrons. The first kappa shape index (κ1) is 18.7. The van der Waals surface area contributed by atoms with Crippen molar-refractivity contribution in [3.8, 4) is 28.7 Å². The molecule has 0 amide bonds. The molecule has 1 aliphatic rings. The third-order valence-corrected chi connectivity index (χ3v) is 4.67. The molecule has 1 aromatic carbocycles. The highest BCUT2D eigenvalue weighted by Crippen LogP contribution is 2.44. The van der Waals surface area contributed by atoms with E-state index in [1.165, 1.54) is 0 Å². The van der Waals surface area contributed by atoms with Crippen LogP contribution in [0.2, 0.25) is 0 Å². The van der Waals surface area contributed by atoms with E-state index in [4.69, 9.17) is 20.9 Å². The number of nitrogens with zero attached hydrogens (tertiary/aromatic N) is 2. The van der Waals surface area contributed by atoms with Crippen molar-refractivity contribution in [3.05, 3.63) is 47.2 Å². The minimum Gasteiger partial charge on any atom is -0.493 e. The Bertz CT molecular complexity index is 931. The standard InChI is InChI=1S/C21H24N4O2/c1-12(2)11-27-20-14(5-4-6-18(20)26-3)19-15-9-13(23)7-8-17(15)25-21(24)16(19)10-22/h4-6,13H,1,7-9,11,23H2,2-3H3,(H2,24,25)/t13-/m0/s1. The summed E-state index contributed by atoms with van der Waals surface area (Å²) in [6, 6.07) is 7.85. The molecule has 3 rings (SSSR count). The number of para-hydroxylation sites is 1. The van der Waals surface area contributed by atoms with E-state index in [2.05, 4.69) is 17.6 Å². The van der Waals surface area contributed by atoms with E-state index in [0.29, 0.717) is 30.1 Å². The Hall–Kier alpha value is -3.04. The largest absolute Gasteiger partial charge is 0.493 e. The van der Waals surface area contributed by atoms with Crippen LogP contribution in [0, 0.1) is 11.3 Å². The minimum absolute atomic E-state index is 0.0265. The maximum Gasteiger partial charge on any atom is 0.169 e. The summed E-state index contributed by atoms with van der Waals surface area (Å²) in [5, 5.41) is 9.78. The monoisotopic (exact) mass is 364 g/mol. The Morgan fingerprint density at radius 3 is 2.89 bits per heavy atom. The lowest BCUT2D eigenvalue weighted by molar-refractivity contribution is 0.321. The zero-order valence-corrected chi connectivity index (χ0v) is 15.7. The average molecular weight is 364 g/mol. The topological polar surface area (TPSA) is 107 Å². The Kier molecular flexibility index (Phi) is 5.33. The fraction of sp³-hybridized carbons (Fsp3) is 0.333. The molecule has 1 aromatic heterocycles. The van der Waals surface area contributed by atoms with Gasteiger partial charge >= 0.3 is 0 Å². The highest BCUT2D eigenvalue weighted by Gasteiger charge is 2.27. The molecule has 140 valence electrons. The van der Waals surface area contributed by atoms with E-state index < -0.39 is 0 Å². The summed E-state index contributed by atoms with van der Waals surface area (Å²) in [4.78, 5) is 4.47. The van der Waals surface area contributed by atoms with Gasteiger partial charge in [-0.3, -0.25) is 0 Å². The third kappa shape index (κ3) is 3.60. The van der Waals surface area contributed by atoms with Gasteiger partial charge in [-0.2, -0.15) is 5.26 Å². The number of fused-ring (bicyclic) bond motifs is 1. The van der Waals surface area contributed by atoms with Gasteiger partial charge in [-0.15, -0.1) is 0 Å². The van der Waals surface area contributed by atoms with Crippen LogP contribution in [0.25, 0.3) is 11.1 Å². The molecule has 1 heterocycles. The summed E-state index contributed by atoms with van der Waals surface area (Å²) in [7, 11) is 1.59. The van der Waals surface area contributed by atoms with E-state index in [1.54, 1.807) is 7.11 Å².